The van der Waals surface area contributed by atoms with Crippen molar-refractivity contribution in [1.82, 2.24) is 4.57 Å². The van der Waals surface area contributed by atoms with Crippen LogP contribution in [-0.2, 0) is 5.41 Å². The second-order valence-electron chi connectivity index (χ2n) is 18.1. The van der Waals surface area contributed by atoms with Gasteiger partial charge < -0.3 is 9.47 Å². The van der Waals surface area contributed by atoms with E-state index in [1.807, 2.05) is 11.3 Å². The van der Waals surface area contributed by atoms with Crippen molar-refractivity contribution in [1.29, 1.82) is 0 Å². The maximum atomic E-state index is 2.42. The summed E-state index contributed by atoms with van der Waals surface area (Å²) in [7, 11) is 0. The zero-order chi connectivity index (χ0) is 43.9. The van der Waals surface area contributed by atoms with Crippen LogP contribution in [0.3, 0.4) is 0 Å². The minimum Gasteiger partial charge on any atom is -0.310 e. The quantitative estimate of drug-likeness (QED) is 0.155. The van der Waals surface area contributed by atoms with Crippen molar-refractivity contribution in [3.8, 4) is 50.2 Å². The molecule has 0 spiro atoms. The Morgan fingerprint density at radius 1 is 0.348 bits per heavy atom. The number of benzene rings is 10. The highest BCUT2D eigenvalue weighted by Crippen LogP contribution is 2.51. The summed E-state index contributed by atoms with van der Waals surface area (Å²) in [5, 5.41) is 5.17. The van der Waals surface area contributed by atoms with Crippen LogP contribution in [0.5, 0.6) is 0 Å². The predicted molar refractivity (Wildman–Crippen MR) is 282 cm³/mol. The predicted octanol–water partition coefficient (Wildman–Crippen LogP) is 17.9. The lowest BCUT2D eigenvalue weighted by atomic mass is 9.82. The summed E-state index contributed by atoms with van der Waals surface area (Å²) in [5.74, 6) is 0. The first-order chi connectivity index (χ1) is 32.5. The van der Waals surface area contributed by atoms with Crippen molar-refractivity contribution in [2.24, 2.45) is 0 Å². The topological polar surface area (TPSA) is 8.17 Å². The molecular formula is C63H44N2S. The van der Waals surface area contributed by atoms with Crippen LogP contribution in [0.2, 0.25) is 0 Å². The number of anilines is 3. The van der Waals surface area contributed by atoms with Gasteiger partial charge in [0.25, 0.3) is 0 Å². The van der Waals surface area contributed by atoms with Gasteiger partial charge in [0.2, 0.25) is 0 Å². The first-order valence-corrected chi connectivity index (χ1v) is 23.6. The summed E-state index contributed by atoms with van der Waals surface area (Å²) in [6.07, 6.45) is 0. The summed E-state index contributed by atoms with van der Waals surface area (Å²) < 4.78 is 5.03. The van der Waals surface area contributed by atoms with Gasteiger partial charge in [0.1, 0.15) is 0 Å². The molecule has 2 aromatic heterocycles. The standard InChI is InChI=1S/C63H44N2S/c1-63(2)57-17-9-6-14-51(57)52-35-34-50(40-58(52)63)64(49-32-26-44(27-33-49)46-29-37-62-56(39-46)54-16-8-11-19-61(54)66-62)48-30-24-42(25-31-48)41-20-22-43(23-21-41)45-28-36-60-55(38-45)53-15-7-10-18-59(53)65(60)47-12-4-3-5-13-47/h3-40H,1-2H3. The van der Waals surface area contributed by atoms with Crippen LogP contribution in [0.4, 0.5) is 17.1 Å². The van der Waals surface area contributed by atoms with Crippen LogP contribution in [-0.4, -0.2) is 4.57 Å². The minimum atomic E-state index is -0.106. The van der Waals surface area contributed by atoms with Crippen molar-refractivity contribution >= 4 is 70.4 Å². The van der Waals surface area contributed by atoms with Gasteiger partial charge in [0.15, 0.2) is 0 Å². The van der Waals surface area contributed by atoms with Gasteiger partial charge in [-0.3, -0.25) is 0 Å². The summed E-state index contributed by atoms with van der Waals surface area (Å²) in [6, 6.07) is 85.1. The summed E-state index contributed by atoms with van der Waals surface area (Å²) in [6.45, 7) is 4.72. The summed E-state index contributed by atoms with van der Waals surface area (Å²) in [4.78, 5) is 2.41. The largest absolute Gasteiger partial charge is 0.310 e. The van der Waals surface area contributed by atoms with Gasteiger partial charge in [-0.25, -0.2) is 0 Å². The van der Waals surface area contributed by atoms with E-state index < -0.39 is 0 Å². The Morgan fingerprint density at radius 2 is 0.848 bits per heavy atom. The highest BCUT2D eigenvalue weighted by Gasteiger charge is 2.35. The average Bonchev–Trinajstić information content (AvgIpc) is 3.99. The summed E-state index contributed by atoms with van der Waals surface area (Å²) >= 11 is 1.86. The van der Waals surface area contributed by atoms with E-state index in [4.69, 9.17) is 0 Å². The molecule has 0 unspecified atom stereocenters. The van der Waals surface area contributed by atoms with Gasteiger partial charge in [-0.1, -0.05) is 159 Å². The third kappa shape index (κ3) is 6.15. The molecule has 0 saturated carbocycles. The molecule has 0 amide bonds. The molecule has 1 aliphatic rings. The monoisotopic (exact) mass is 860 g/mol. The molecule has 66 heavy (non-hydrogen) atoms. The number of para-hydroxylation sites is 2. The Balaban J connectivity index is 0.845. The SMILES string of the molecule is CC1(C)c2ccccc2-c2ccc(N(c3ccc(-c4ccc(-c5ccc6c(c5)c5ccccc5n6-c5ccccc5)cc4)cc3)c3ccc(-c4ccc5sc6ccccc6c5c4)cc3)cc21. The molecule has 12 aromatic rings. The molecule has 2 heterocycles. The molecule has 13 rings (SSSR count). The fourth-order valence-electron chi connectivity index (χ4n) is 10.7. The van der Waals surface area contributed by atoms with Crippen LogP contribution >= 0.6 is 11.3 Å². The molecule has 0 N–H and O–H groups in total. The lowest BCUT2D eigenvalue weighted by Gasteiger charge is -2.28. The normalized spacial score (nSPS) is 12.8. The Bertz CT molecular complexity index is 3820. The maximum Gasteiger partial charge on any atom is 0.0541 e. The number of hydrogen-bond acceptors (Lipinski definition) is 2. The second kappa shape index (κ2) is 15.1. The minimum absolute atomic E-state index is 0.106. The number of nitrogens with zero attached hydrogens (tertiary/aromatic N) is 2. The Labute approximate surface area is 388 Å². The van der Waals surface area contributed by atoms with E-state index in [1.54, 1.807) is 0 Å². The van der Waals surface area contributed by atoms with Crippen molar-refractivity contribution in [2.45, 2.75) is 19.3 Å². The first-order valence-electron chi connectivity index (χ1n) is 22.8. The van der Waals surface area contributed by atoms with Crippen LogP contribution in [0.1, 0.15) is 25.0 Å². The lowest BCUT2D eigenvalue weighted by molar-refractivity contribution is 0.660. The van der Waals surface area contributed by atoms with Crippen LogP contribution in [0, 0.1) is 0 Å². The summed E-state index contributed by atoms with van der Waals surface area (Å²) in [5.41, 5.74) is 19.5. The first kappa shape index (κ1) is 38.5. The molecule has 0 aliphatic heterocycles. The van der Waals surface area contributed by atoms with Gasteiger partial charge in [-0.2, -0.15) is 0 Å². The number of fused-ring (bicyclic) bond motifs is 9. The van der Waals surface area contributed by atoms with Crippen LogP contribution < -0.4 is 4.90 Å². The highest BCUT2D eigenvalue weighted by atomic mass is 32.1. The molecule has 312 valence electrons. The maximum absolute atomic E-state index is 2.42. The van der Waals surface area contributed by atoms with Crippen molar-refractivity contribution in [3.63, 3.8) is 0 Å². The fraction of sp³-hybridized carbons (Fsp3) is 0.0476. The van der Waals surface area contributed by atoms with E-state index in [0.717, 1.165) is 17.1 Å². The molecule has 1 aliphatic carbocycles. The van der Waals surface area contributed by atoms with Gasteiger partial charge in [-0.15, -0.1) is 11.3 Å². The zero-order valence-corrected chi connectivity index (χ0v) is 37.6. The fourth-order valence-corrected chi connectivity index (χ4v) is 11.7. The molecule has 2 nitrogen and oxygen atoms in total. The molecular weight excluding hydrogens is 817 g/mol. The lowest BCUT2D eigenvalue weighted by Crippen LogP contribution is -2.16. The number of aromatic nitrogens is 1. The van der Waals surface area contributed by atoms with E-state index in [0.29, 0.717) is 0 Å². The van der Waals surface area contributed by atoms with Gasteiger partial charge in [0.05, 0.1) is 11.0 Å². The Kier molecular flexibility index (Phi) is 8.78. The Hall–Kier alpha value is -7.98. The Morgan fingerprint density at radius 3 is 1.58 bits per heavy atom. The van der Waals surface area contributed by atoms with Gasteiger partial charge in [-0.05, 0) is 141 Å². The average molecular weight is 861 g/mol. The highest BCUT2D eigenvalue weighted by molar-refractivity contribution is 7.25. The van der Waals surface area contributed by atoms with Crippen molar-refractivity contribution < 1.29 is 0 Å². The molecule has 10 aromatic carbocycles. The third-order valence-electron chi connectivity index (χ3n) is 14.0. The third-order valence-corrected chi connectivity index (χ3v) is 15.2. The molecule has 0 saturated heterocycles. The molecule has 3 heteroatoms. The van der Waals surface area contributed by atoms with E-state index in [9.17, 15) is 0 Å². The van der Waals surface area contributed by atoms with Crippen molar-refractivity contribution in [3.05, 3.63) is 242 Å². The van der Waals surface area contributed by atoms with Gasteiger partial charge >= 0.3 is 0 Å². The molecule has 0 atom stereocenters. The molecule has 0 bridgehead atoms. The van der Waals surface area contributed by atoms with Crippen molar-refractivity contribution in [2.75, 3.05) is 4.90 Å². The van der Waals surface area contributed by atoms with E-state index in [2.05, 4.69) is 254 Å². The zero-order valence-electron chi connectivity index (χ0n) is 36.7. The van der Waals surface area contributed by atoms with Crippen LogP contribution in [0.15, 0.2) is 231 Å². The second-order valence-corrected chi connectivity index (χ2v) is 19.2. The van der Waals surface area contributed by atoms with E-state index in [-0.39, 0.29) is 5.41 Å². The number of hydrogen-bond donors (Lipinski definition) is 0. The van der Waals surface area contributed by atoms with E-state index >= 15 is 0 Å². The number of rotatable bonds is 7. The molecule has 0 radical (unpaired) electrons. The number of thiophene rings is 1. The van der Waals surface area contributed by atoms with Gasteiger partial charge in [0, 0.05) is 59.1 Å². The smallest absolute Gasteiger partial charge is 0.0541 e. The van der Waals surface area contributed by atoms with Crippen LogP contribution in [0.25, 0.3) is 92.2 Å². The molecule has 0 fully saturated rings. The van der Waals surface area contributed by atoms with E-state index in [1.165, 1.54) is 103 Å².